The van der Waals surface area contributed by atoms with Crippen molar-refractivity contribution in [1.29, 1.82) is 0 Å². The minimum absolute atomic E-state index is 0.242. The minimum Gasteiger partial charge on any atom is -0.477 e. The van der Waals surface area contributed by atoms with Crippen LogP contribution in [0.25, 0.3) is 0 Å². The fourth-order valence-corrected chi connectivity index (χ4v) is 2.85. The van der Waals surface area contributed by atoms with Crippen LogP contribution in [0.3, 0.4) is 0 Å². The van der Waals surface area contributed by atoms with Crippen molar-refractivity contribution in [1.82, 2.24) is 0 Å². The summed E-state index contributed by atoms with van der Waals surface area (Å²) in [5.41, 5.74) is -0.176. The van der Waals surface area contributed by atoms with E-state index in [0.717, 1.165) is 25.7 Å². The average molecular weight is 278 g/mol. The largest absolute Gasteiger partial charge is 0.477 e. The lowest BCUT2D eigenvalue weighted by atomic mass is 9.94. The third kappa shape index (κ3) is 2.74. The Hall–Kier alpha value is -2.11. The Labute approximate surface area is 117 Å². The molecule has 0 radical (unpaired) electrons. The first-order valence-corrected chi connectivity index (χ1v) is 6.76. The highest BCUT2D eigenvalue weighted by atomic mass is 16.6. The van der Waals surface area contributed by atoms with Gasteiger partial charge in [0, 0.05) is 13.1 Å². The van der Waals surface area contributed by atoms with Crippen LogP contribution in [0, 0.1) is 10.1 Å². The van der Waals surface area contributed by atoms with E-state index in [-0.39, 0.29) is 17.3 Å². The molecule has 1 fully saturated rings. The van der Waals surface area contributed by atoms with E-state index in [9.17, 15) is 14.9 Å². The van der Waals surface area contributed by atoms with E-state index in [1.54, 1.807) is 12.1 Å². The monoisotopic (exact) mass is 278 g/mol. The third-order valence-electron chi connectivity index (χ3n) is 3.93. The van der Waals surface area contributed by atoms with Crippen LogP contribution in [0.5, 0.6) is 0 Å². The Kier molecular flexibility index (Phi) is 4.22. The molecule has 0 amide bonds. The quantitative estimate of drug-likeness (QED) is 0.676. The number of aromatic carboxylic acids is 1. The van der Waals surface area contributed by atoms with Gasteiger partial charge >= 0.3 is 11.7 Å². The molecule has 2 rings (SSSR count). The van der Waals surface area contributed by atoms with E-state index in [1.807, 2.05) is 11.9 Å². The topological polar surface area (TPSA) is 83.7 Å². The summed E-state index contributed by atoms with van der Waals surface area (Å²) >= 11 is 0. The molecule has 1 aliphatic carbocycles. The molecule has 1 aromatic rings. The summed E-state index contributed by atoms with van der Waals surface area (Å²) in [5.74, 6) is -1.27. The molecule has 0 bridgehead atoms. The molecular weight excluding hydrogens is 260 g/mol. The van der Waals surface area contributed by atoms with Gasteiger partial charge in [-0.05, 0) is 25.0 Å². The average Bonchev–Trinajstić information content (AvgIpc) is 2.46. The van der Waals surface area contributed by atoms with Gasteiger partial charge in [0.05, 0.1) is 4.92 Å². The highest BCUT2D eigenvalue weighted by Crippen LogP contribution is 2.35. The predicted molar refractivity (Wildman–Crippen MR) is 75.3 cm³/mol. The van der Waals surface area contributed by atoms with Crippen LogP contribution >= 0.6 is 0 Å². The van der Waals surface area contributed by atoms with Crippen molar-refractivity contribution in [3.63, 3.8) is 0 Å². The number of carboxylic acid groups (broad SMARTS) is 1. The fourth-order valence-electron chi connectivity index (χ4n) is 2.85. The maximum absolute atomic E-state index is 11.2. The highest BCUT2D eigenvalue weighted by molar-refractivity contribution is 5.95. The molecule has 1 N–H and O–H groups in total. The second kappa shape index (κ2) is 5.90. The Bertz CT molecular complexity index is 524. The number of carbonyl (C=O) groups is 1. The minimum atomic E-state index is -1.27. The van der Waals surface area contributed by atoms with Crippen LogP contribution < -0.4 is 4.90 Å². The second-order valence-corrected chi connectivity index (χ2v) is 5.14. The molecule has 0 saturated heterocycles. The van der Waals surface area contributed by atoms with Crippen molar-refractivity contribution in [2.45, 2.75) is 38.1 Å². The molecule has 1 aromatic carbocycles. The van der Waals surface area contributed by atoms with Gasteiger partial charge in [-0.2, -0.15) is 0 Å². The van der Waals surface area contributed by atoms with Crippen LogP contribution in [-0.2, 0) is 0 Å². The lowest BCUT2D eigenvalue weighted by Gasteiger charge is -2.32. The summed E-state index contributed by atoms with van der Waals surface area (Å²) in [4.78, 5) is 23.7. The van der Waals surface area contributed by atoms with Crippen LogP contribution in [-0.4, -0.2) is 29.1 Å². The number of nitro benzene ring substituents is 1. The highest BCUT2D eigenvalue weighted by Gasteiger charge is 2.29. The first kappa shape index (κ1) is 14.3. The maximum Gasteiger partial charge on any atom is 0.342 e. The first-order valence-electron chi connectivity index (χ1n) is 6.76. The van der Waals surface area contributed by atoms with Gasteiger partial charge in [-0.3, -0.25) is 10.1 Å². The van der Waals surface area contributed by atoms with Crippen molar-refractivity contribution < 1.29 is 14.8 Å². The maximum atomic E-state index is 11.2. The molecule has 6 nitrogen and oxygen atoms in total. The molecule has 0 aliphatic heterocycles. The van der Waals surface area contributed by atoms with Gasteiger partial charge < -0.3 is 10.0 Å². The zero-order chi connectivity index (χ0) is 14.7. The Morgan fingerprint density at radius 1 is 1.35 bits per heavy atom. The second-order valence-electron chi connectivity index (χ2n) is 5.14. The van der Waals surface area contributed by atoms with Crippen LogP contribution in [0.4, 0.5) is 11.4 Å². The Balaban J connectivity index is 2.42. The molecule has 108 valence electrons. The number of nitrogens with zero attached hydrogens (tertiary/aromatic N) is 2. The number of benzene rings is 1. The molecule has 20 heavy (non-hydrogen) atoms. The fraction of sp³-hybridized carbons (Fsp3) is 0.500. The number of carboxylic acids is 1. The summed E-state index contributed by atoms with van der Waals surface area (Å²) in [7, 11) is 1.81. The van der Waals surface area contributed by atoms with Crippen molar-refractivity contribution in [2.75, 3.05) is 11.9 Å². The molecule has 1 aliphatic rings. The van der Waals surface area contributed by atoms with Gasteiger partial charge in [-0.25, -0.2) is 4.79 Å². The lowest BCUT2D eigenvalue weighted by molar-refractivity contribution is -0.384. The van der Waals surface area contributed by atoms with Crippen LogP contribution in [0.15, 0.2) is 18.2 Å². The predicted octanol–water partition coefficient (Wildman–Crippen LogP) is 3.06. The summed E-state index contributed by atoms with van der Waals surface area (Å²) in [6.45, 7) is 0. The van der Waals surface area contributed by atoms with E-state index in [2.05, 4.69) is 0 Å². The standard InChI is InChI=1S/C14H18N2O4/c1-15(10-6-3-2-4-7-10)12-9-5-8-11(14(17)18)13(12)16(19)20/h5,8-10H,2-4,6-7H2,1H3,(H,17,18). The molecule has 6 heteroatoms. The summed E-state index contributed by atoms with van der Waals surface area (Å²) in [6.07, 6.45) is 5.40. The zero-order valence-corrected chi connectivity index (χ0v) is 11.4. The zero-order valence-electron chi connectivity index (χ0n) is 11.4. The van der Waals surface area contributed by atoms with Crippen molar-refractivity contribution in [2.24, 2.45) is 0 Å². The molecule has 0 aromatic heterocycles. The Morgan fingerprint density at radius 2 is 2.00 bits per heavy atom. The molecule has 0 atom stereocenters. The SMILES string of the molecule is CN(c1cccc(C(=O)O)c1[N+](=O)[O-])C1CCCCC1. The van der Waals surface area contributed by atoms with Crippen molar-refractivity contribution in [3.8, 4) is 0 Å². The number of hydrogen-bond donors (Lipinski definition) is 1. The number of nitro groups is 1. The number of para-hydroxylation sites is 1. The molecular formula is C14H18N2O4. The van der Waals surface area contributed by atoms with Gasteiger partial charge in [0.25, 0.3) is 0 Å². The van der Waals surface area contributed by atoms with Crippen molar-refractivity contribution in [3.05, 3.63) is 33.9 Å². The lowest BCUT2D eigenvalue weighted by Crippen LogP contribution is -2.34. The van der Waals surface area contributed by atoms with Gasteiger partial charge in [0.1, 0.15) is 11.3 Å². The normalized spacial score (nSPS) is 15.8. The third-order valence-corrected chi connectivity index (χ3v) is 3.93. The van der Waals surface area contributed by atoms with Gasteiger partial charge in [0.2, 0.25) is 0 Å². The van der Waals surface area contributed by atoms with E-state index in [4.69, 9.17) is 5.11 Å². The van der Waals surface area contributed by atoms with Crippen LogP contribution in [0.2, 0.25) is 0 Å². The summed E-state index contributed by atoms with van der Waals surface area (Å²) in [5, 5.41) is 20.4. The van der Waals surface area contributed by atoms with Gasteiger partial charge in [-0.1, -0.05) is 25.3 Å². The summed E-state index contributed by atoms with van der Waals surface area (Å²) < 4.78 is 0. The van der Waals surface area contributed by atoms with Crippen LogP contribution in [0.1, 0.15) is 42.5 Å². The van der Waals surface area contributed by atoms with E-state index in [1.165, 1.54) is 12.5 Å². The first-order chi connectivity index (χ1) is 9.52. The number of hydrogen-bond acceptors (Lipinski definition) is 4. The molecule has 1 saturated carbocycles. The van der Waals surface area contributed by atoms with Crippen molar-refractivity contribution >= 4 is 17.3 Å². The van der Waals surface area contributed by atoms with E-state index in [0.29, 0.717) is 5.69 Å². The Morgan fingerprint density at radius 3 is 2.55 bits per heavy atom. The van der Waals surface area contributed by atoms with E-state index >= 15 is 0 Å². The summed E-state index contributed by atoms with van der Waals surface area (Å²) in [6, 6.07) is 4.70. The molecule has 0 unspecified atom stereocenters. The number of anilines is 1. The molecule has 0 heterocycles. The van der Waals surface area contributed by atoms with E-state index < -0.39 is 10.9 Å². The smallest absolute Gasteiger partial charge is 0.342 e. The van der Waals surface area contributed by atoms with Gasteiger partial charge in [-0.15, -0.1) is 0 Å². The molecule has 0 spiro atoms. The van der Waals surface area contributed by atoms with Gasteiger partial charge in [0.15, 0.2) is 0 Å². The number of rotatable bonds is 4.